The molecule has 5 aliphatic rings. The highest BCUT2D eigenvalue weighted by Crippen LogP contribution is 2.33. The molecule has 15 rings (SSSR count). The van der Waals surface area contributed by atoms with E-state index in [9.17, 15) is 85.8 Å². The number of benzene rings is 5. The van der Waals surface area contributed by atoms with Crippen molar-refractivity contribution in [3.8, 4) is 58.1 Å². The molecule has 8 amide bonds. The number of pyridine rings is 5. The fourth-order valence-corrected chi connectivity index (χ4v) is 15.3. The number of carbonyl (C=O) groups excluding carboxylic acids is 8. The van der Waals surface area contributed by atoms with Gasteiger partial charge in [0, 0.05) is 152 Å². The van der Waals surface area contributed by atoms with Gasteiger partial charge >= 0.3 is 18.3 Å². The number of rotatable bonds is 23. The van der Waals surface area contributed by atoms with Gasteiger partial charge in [-0.3, -0.25) is 24.0 Å². The Morgan fingerprint density at radius 2 is 0.473 bits per heavy atom. The smallest absolute Gasteiger partial charge is 0.407 e. The summed E-state index contributed by atoms with van der Waals surface area (Å²) in [5.74, 6) is 1.92. The zero-order valence-corrected chi connectivity index (χ0v) is 85.9. The van der Waals surface area contributed by atoms with Gasteiger partial charge in [-0.1, -0.05) is 30.3 Å². The first-order chi connectivity index (χ1) is 68.9. The molecule has 5 aromatic heterocycles. The molecule has 796 valence electrons. The van der Waals surface area contributed by atoms with Crippen LogP contribution in [0.4, 0.5) is 36.3 Å². The molecule has 10 unspecified atom stereocenters. The average Bonchev–Trinajstić information content (AvgIpc) is 1.66. The van der Waals surface area contributed by atoms with Crippen LogP contribution in [0.5, 0.6) is 58.1 Å². The first-order valence-electron chi connectivity index (χ1n) is 47.1. The Kier molecular flexibility index (Phi) is 42.1. The Bertz CT molecular complexity index is 5710. The van der Waals surface area contributed by atoms with E-state index in [1.165, 1.54) is 24.5 Å². The first-order valence-corrected chi connectivity index (χ1v) is 47.1. The molecular formula is C105H126Cl2F5N15O21. The molecule has 0 bridgehead atoms. The molecule has 10 heterocycles. The predicted octanol–water partition coefficient (Wildman–Crippen LogP) is 14.5. The summed E-state index contributed by atoms with van der Waals surface area (Å²) in [6.45, 7) is 25.8. The lowest BCUT2D eigenvalue weighted by Crippen LogP contribution is -2.32. The SMILES string of the molecule is Cc1cc(CN)cc(Oc2cccc(C(=O)N3CC(O)C(F)C3)c2)n1.Cc1cc(CN)cc(Oc2cccc(C(=O)N3CC(O)C(F)C3)c2)n1.Cc1cc(CNC(=O)OC(C)(C)C)cc(Oc2cccc(C(=O)N3CC(O)C(F)C3)c2)n1.Cc1cc(CNC(=O)OC(C)(C)C)cc(Oc2cccc(C(=O)N3CC(O)C(F)C3)c2)n1.Cc1cc(CNC(=O)OC(C)(C)C)cc(Oc2cccc(C(=O)N3CC(O)C(F)C3)c2)n1.Cl.Cl. The normalized spacial score (nSPS) is 18.6. The monoisotopic (exact) mass is 2100 g/mol. The molecule has 148 heavy (non-hydrogen) atoms. The maximum Gasteiger partial charge on any atom is 0.407 e. The second kappa shape index (κ2) is 53.0. The van der Waals surface area contributed by atoms with Crippen LogP contribution in [0.2, 0.25) is 0 Å². The van der Waals surface area contributed by atoms with Gasteiger partial charge in [-0.2, -0.15) is 0 Å². The Morgan fingerprint density at radius 1 is 0.297 bits per heavy atom. The number of aromatic nitrogens is 5. The van der Waals surface area contributed by atoms with Gasteiger partial charge in [0.2, 0.25) is 29.4 Å². The molecule has 0 radical (unpaired) electrons. The molecule has 5 fully saturated rings. The summed E-state index contributed by atoms with van der Waals surface area (Å²) in [6, 6.07) is 50.4. The number of halogens is 7. The van der Waals surface area contributed by atoms with Crippen molar-refractivity contribution in [2.75, 3.05) is 65.4 Å². The highest BCUT2D eigenvalue weighted by atomic mass is 35.5. The van der Waals surface area contributed by atoms with Gasteiger partial charge in [0.1, 0.15) is 107 Å². The molecule has 10 aromatic rings. The minimum absolute atomic E-state index is 0. The van der Waals surface area contributed by atoms with E-state index in [-0.39, 0.29) is 139 Å². The lowest BCUT2D eigenvalue weighted by molar-refractivity contribution is 0.0512. The summed E-state index contributed by atoms with van der Waals surface area (Å²) in [6.07, 6.45) is -14.5. The summed E-state index contributed by atoms with van der Waals surface area (Å²) in [5.41, 5.74) is 19.0. The minimum Gasteiger partial charge on any atom is -0.444 e. The van der Waals surface area contributed by atoms with Gasteiger partial charge in [0.15, 0.2) is 0 Å². The van der Waals surface area contributed by atoms with E-state index in [1.54, 1.807) is 235 Å². The lowest BCUT2D eigenvalue weighted by atomic mass is 10.2. The number of nitrogens with two attached hydrogens (primary N) is 2. The van der Waals surface area contributed by atoms with Gasteiger partial charge in [-0.25, -0.2) is 61.3 Å². The number of ether oxygens (including phenoxy) is 8. The topological polar surface area (TPSA) is 480 Å². The van der Waals surface area contributed by atoms with E-state index in [2.05, 4.69) is 40.9 Å². The van der Waals surface area contributed by atoms with Crippen molar-refractivity contribution >= 4 is 72.6 Å². The van der Waals surface area contributed by atoms with E-state index >= 15 is 0 Å². The standard InChI is InChI=1S/3C23H28FN3O5.2C18H20FN3O3.2ClH/c3*1-14-8-15(11-25-22(30)32-23(2,3)4)9-20(26-14)31-17-7-5-6-16(10-17)21(29)27-12-18(24)19(28)13-27;2*1-11-5-12(8-20)6-17(21-11)25-14-4-2-3-13(7-14)18(24)22-9-15(19)16(23)10-22;;/h3*5-10,18-19,28H,11-13H2,1-4H3,(H,25,30);2*2-7,15-16,23H,8-10,20H2,1H3;2*1H. The lowest BCUT2D eigenvalue weighted by Gasteiger charge is -2.19. The minimum atomic E-state index is -1.44. The summed E-state index contributed by atoms with van der Waals surface area (Å²) >= 11 is 0. The number of hydrogen-bond donors (Lipinski definition) is 10. The van der Waals surface area contributed by atoms with Gasteiger partial charge in [-0.15, -0.1) is 24.8 Å². The molecule has 43 heteroatoms. The van der Waals surface area contributed by atoms with Gasteiger partial charge in [0.25, 0.3) is 29.5 Å². The average molecular weight is 2100 g/mol. The quantitative estimate of drug-likeness (QED) is 0.0210. The third-order valence-corrected chi connectivity index (χ3v) is 22.0. The maximum absolute atomic E-state index is 13.6. The van der Waals surface area contributed by atoms with Crippen LogP contribution < -0.4 is 51.1 Å². The van der Waals surface area contributed by atoms with Crippen molar-refractivity contribution in [1.82, 2.24) is 65.4 Å². The largest absolute Gasteiger partial charge is 0.444 e. The van der Waals surface area contributed by atoms with E-state index < -0.39 is 96.5 Å². The predicted molar refractivity (Wildman–Crippen MR) is 541 cm³/mol. The number of nitrogens with zero attached hydrogens (tertiary/aromatic N) is 10. The molecule has 36 nitrogen and oxygen atoms in total. The van der Waals surface area contributed by atoms with Crippen molar-refractivity contribution in [2.45, 2.75) is 208 Å². The third-order valence-electron chi connectivity index (χ3n) is 22.0. The number of amides is 8. The van der Waals surface area contributed by atoms with Crippen LogP contribution in [0, 0.1) is 34.6 Å². The Morgan fingerprint density at radius 3 is 0.635 bits per heavy atom. The molecule has 0 aliphatic carbocycles. The number of alkyl carbamates (subject to hydrolysis) is 3. The fraction of sp³-hybridized carbons (Fsp3) is 0.400. The Balaban J connectivity index is 0.000000206. The second-order valence-electron chi connectivity index (χ2n) is 38.4. The molecule has 0 saturated carbocycles. The maximum atomic E-state index is 13.6. The highest BCUT2D eigenvalue weighted by molar-refractivity contribution is 5.97. The number of carbonyl (C=O) groups is 8. The van der Waals surface area contributed by atoms with Gasteiger partial charge < -0.3 is 115 Å². The zero-order chi connectivity index (χ0) is 106. The van der Waals surface area contributed by atoms with Crippen LogP contribution in [-0.4, -0.2) is 266 Å². The molecule has 12 N–H and O–H groups in total. The summed E-state index contributed by atoms with van der Waals surface area (Å²) in [7, 11) is 0. The Hall–Kier alpha value is -14.0. The number of aliphatic hydroxyl groups excluding tert-OH is 5. The van der Waals surface area contributed by atoms with Crippen LogP contribution in [0.3, 0.4) is 0 Å². The number of aliphatic hydroxyl groups is 5. The van der Waals surface area contributed by atoms with E-state index in [0.29, 0.717) is 116 Å². The second-order valence-corrected chi connectivity index (χ2v) is 38.4. The van der Waals surface area contributed by atoms with E-state index in [1.807, 2.05) is 44.2 Å². The van der Waals surface area contributed by atoms with Crippen LogP contribution in [0.1, 0.15) is 170 Å². The van der Waals surface area contributed by atoms with Crippen LogP contribution in [-0.2, 0) is 46.9 Å². The zero-order valence-electron chi connectivity index (χ0n) is 84.3. The van der Waals surface area contributed by atoms with Gasteiger partial charge in [-0.05, 0) is 246 Å². The molecule has 5 aromatic carbocycles. The number of hydrogen-bond acceptors (Lipinski definition) is 28. The molecule has 5 saturated heterocycles. The van der Waals surface area contributed by atoms with Crippen LogP contribution in [0.15, 0.2) is 182 Å². The summed E-state index contributed by atoms with van der Waals surface area (Å²) in [4.78, 5) is 126. The number of alkyl halides is 5. The molecule has 10 atom stereocenters. The van der Waals surface area contributed by atoms with Crippen molar-refractivity contribution in [3.05, 3.63) is 266 Å². The summed E-state index contributed by atoms with van der Waals surface area (Å²) in [5, 5.41) is 55.7. The van der Waals surface area contributed by atoms with E-state index in [4.69, 9.17) is 49.4 Å². The molecule has 0 spiro atoms. The van der Waals surface area contributed by atoms with Gasteiger partial charge in [0.05, 0.1) is 32.7 Å². The number of nitrogens with one attached hydrogen (secondary N) is 3. The summed E-state index contributed by atoms with van der Waals surface area (Å²) < 4.78 is 112. The van der Waals surface area contributed by atoms with Crippen molar-refractivity contribution in [2.24, 2.45) is 11.5 Å². The molecular weight excluding hydrogens is 1970 g/mol. The number of likely N-dealkylation sites (tertiary alicyclic amines) is 5. The van der Waals surface area contributed by atoms with Crippen molar-refractivity contribution < 1.29 is 124 Å². The first kappa shape index (κ1) is 118. The van der Waals surface area contributed by atoms with E-state index in [0.717, 1.165) is 39.2 Å². The highest BCUT2D eigenvalue weighted by Gasteiger charge is 2.40. The Labute approximate surface area is 866 Å². The van der Waals surface area contributed by atoms with Crippen LogP contribution >= 0.6 is 24.8 Å². The third kappa shape index (κ3) is 36.2. The number of β-amino-alcohol motifs (C(OH)–C–C–N with tert-alkyl or cyclic N) is 5. The fourth-order valence-electron chi connectivity index (χ4n) is 15.3. The number of aryl methyl sites for hydroxylation is 5. The van der Waals surface area contributed by atoms with Crippen molar-refractivity contribution in [1.29, 1.82) is 0 Å². The van der Waals surface area contributed by atoms with Crippen LogP contribution in [0.25, 0.3) is 0 Å². The van der Waals surface area contributed by atoms with Crippen molar-refractivity contribution in [3.63, 3.8) is 0 Å². The molecule has 5 aliphatic heterocycles.